The summed E-state index contributed by atoms with van der Waals surface area (Å²) in [5, 5.41) is 0. The lowest BCUT2D eigenvalue weighted by molar-refractivity contribution is -0.606. The molecule has 0 amide bonds. The van der Waals surface area contributed by atoms with E-state index in [2.05, 4.69) is 14.8 Å². The number of hydrogen-bond acceptors (Lipinski definition) is 2. The number of aryl methyl sites for hydroxylation is 2. The van der Waals surface area contributed by atoms with Gasteiger partial charge < -0.3 is 4.57 Å². The average molecular weight is 290 g/mol. The van der Waals surface area contributed by atoms with Gasteiger partial charge in [0.05, 0.1) is 6.57 Å². The van der Waals surface area contributed by atoms with Crippen LogP contribution in [0.3, 0.4) is 0 Å². The van der Waals surface area contributed by atoms with Gasteiger partial charge in [-0.1, -0.05) is 4.98 Å². The normalized spacial score (nSPS) is 10.5. The first-order valence-corrected chi connectivity index (χ1v) is 6.95. The van der Waals surface area contributed by atoms with Crippen molar-refractivity contribution in [1.82, 2.24) is 14.5 Å². The van der Waals surface area contributed by atoms with E-state index in [1.807, 2.05) is 60.6 Å². The minimum Gasteiger partial charge on any atom is -0.334 e. The minimum atomic E-state index is 0.592. The highest BCUT2D eigenvalue weighted by Crippen LogP contribution is 2.30. The molecule has 0 aliphatic carbocycles. The van der Waals surface area contributed by atoms with Crippen LogP contribution in [-0.2, 0) is 7.05 Å². The van der Waals surface area contributed by atoms with Gasteiger partial charge in [-0.2, -0.15) is 0 Å². The highest BCUT2D eigenvalue weighted by atomic mass is 15.1. The lowest BCUT2D eigenvalue weighted by atomic mass is 10.0. The Bertz CT molecular complexity index is 886. The van der Waals surface area contributed by atoms with Gasteiger partial charge in [0.25, 0.3) is 5.82 Å². The lowest BCUT2D eigenvalue weighted by Crippen LogP contribution is -2.35. The maximum atomic E-state index is 7.38. The van der Waals surface area contributed by atoms with Crippen LogP contribution in [0.25, 0.3) is 21.9 Å². The van der Waals surface area contributed by atoms with Crippen LogP contribution in [0.5, 0.6) is 0 Å². The maximum absolute atomic E-state index is 7.38. The van der Waals surface area contributed by atoms with Crippen LogP contribution in [0.15, 0.2) is 43.0 Å². The molecule has 3 rings (SSSR count). The molecule has 22 heavy (non-hydrogen) atoms. The molecule has 0 saturated carbocycles. The Morgan fingerprint density at radius 3 is 2.64 bits per heavy atom. The van der Waals surface area contributed by atoms with Crippen LogP contribution in [0.4, 0.5) is 5.69 Å². The topological polar surface area (TPSA) is 39.0 Å². The molecule has 0 unspecified atom stereocenters. The number of imidazole rings is 1. The molecule has 5 nitrogen and oxygen atoms in total. The first-order valence-electron chi connectivity index (χ1n) is 6.95. The molecule has 0 saturated heterocycles. The number of aromatic nitrogens is 4. The van der Waals surface area contributed by atoms with Crippen molar-refractivity contribution in [3.63, 3.8) is 0 Å². The van der Waals surface area contributed by atoms with Crippen molar-refractivity contribution in [3.05, 3.63) is 65.8 Å². The SMILES string of the molecule is [C-]#[N+]c1cc(-c2nccn2C)c(C)c(-[n+]2cccnc2C)c1. The molecule has 0 fully saturated rings. The van der Waals surface area contributed by atoms with Crippen LogP contribution >= 0.6 is 0 Å². The number of hydrogen-bond donors (Lipinski definition) is 0. The summed E-state index contributed by atoms with van der Waals surface area (Å²) in [4.78, 5) is 12.3. The molecule has 0 radical (unpaired) electrons. The van der Waals surface area contributed by atoms with Crippen molar-refractivity contribution in [2.45, 2.75) is 13.8 Å². The van der Waals surface area contributed by atoms with Gasteiger partial charge in [0.1, 0.15) is 23.9 Å². The Balaban J connectivity index is 2.31. The van der Waals surface area contributed by atoms with Gasteiger partial charge in [-0.25, -0.2) is 14.4 Å². The standard InChI is InChI=1S/C17H16N5/c1-12-15(17-20-7-9-21(17)4)10-14(18-3)11-16(12)22-8-5-6-19-13(22)2/h5-11H,1-2,4H3/q+1. The third kappa shape index (κ3) is 2.25. The molecule has 0 spiro atoms. The first kappa shape index (κ1) is 14.0. The summed E-state index contributed by atoms with van der Waals surface area (Å²) in [6.45, 7) is 11.4. The predicted molar refractivity (Wildman–Crippen MR) is 83.7 cm³/mol. The van der Waals surface area contributed by atoms with Crippen LogP contribution < -0.4 is 4.57 Å². The fourth-order valence-electron chi connectivity index (χ4n) is 2.56. The van der Waals surface area contributed by atoms with E-state index in [1.54, 1.807) is 12.4 Å². The van der Waals surface area contributed by atoms with Crippen molar-refractivity contribution in [2.75, 3.05) is 0 Å². The Morgan fingerprint density at radius 2 is 2.00 bits per heavy atom. The zero-order chi connectivity index (χ0) is 15.7. The van der Waals surface area contributed by atoms with Gasteiger partial charge in [-0.3, -0.25) is 0 Å². The second-order valence-corrected chi connectivity index (χ2v) is 5.15. The molecule has 3 aromatic rings. The van der Waals surface area contributed by atoms with Gasteiger partial charge in [-0.15, -0.1) is 0 Å². The van der Waals surface area contributed by atoms with Gasteiger partial charge in [0, 0.05) is 43.6 Å². The summed E-state index contributed by atoms with van der Waals surface area (Å²) < 4.78 is 3.96. The Labute approximate surface area is 129 Å². The zero-order valence-corrected chi connectivity index (χ0v) is 12.8. The van der Waals surface area contributed by atoms with Gasteiger partial charge in [-0.05, 0) is 19.1 Å². The summed E-state index contributed by atoms with van der Waals surface area (Å²) >= 11 is 0. The molecule has 2 heterocycles. The molecule has 2 aromatic heterocycles. The summed E-state index contributed by atoms with van der Waals surface area (Å²) in [7, 11) is 1.95. The Kier molecular flexibility index (Phi) is 3.43. The summed E-state index contributed by atoms with van der Waals surface area (Å²) in [6, 6.07) is 5.67. The molecular weight excluding hydrogens is 274 g/mol. The average Bonchev–Trinajstić information content (AvgIpc) is 2.94. The molecule has 0 bridgehead atoms. The maximum Gasteiger partial charge on any atom is 0.300 e. The fraction of sp³-hybridized carbons (Fsp3) is 0.176. The molecule has 1 aromatic carbocycles. The van der Waals surface area contributed by atoms with E-state index in [9.17, 15) is 0 Å². The quantitative estimate of drug-likeness (QED) is 0.537. The van der Waals surface area contributed by atoms with Gasteiger partial charge in [0.15, 0.2) is 5.69 Å². The monoisotopic (exact) mass is 290 g/mol. The van der Waals surface area contributed by atoms with E-state index in [-0.39, 0.29) is 0 Å². The summed E-state index contributed by atoms with van der Waals surface area (Å²) in [5.41, 5.74) is 3.58. The highest BCUT2D eigenvalue weighted by Gasteiger charge is 2.18. The molecule has 0 N–H and O–H groups in total. The van der Waals surface area contributed by atoms with Crippen LogP contribution in [0.2, 0.25) is 0 Å². The zero-order valence-electron chi connectivity index (χ0n) is 12.8. The van der Waals surface area contributed by atoms with Crippen LogP contribution in [-0.4, -0.2) is 14.5 Å². The number of rotatable bonds is 2. The smallest absolute Gasteiger partial charge is 0.300 e. The second kappa shape index (κ2) is 5.41. The number of benzene rings is 1. The van der Waals surface area contributed by atoms with E-state index >= 15 is 0 Å². The van der Waals surface area contributed by atoms with Crippen molar-refractivity contribution in [3.8, 4) is 17.1 Å². The molecule has 0 aliphatic rings. The van der Waals surface area contributed by atoms with Crippen LogP contribution in [0.1, 0.15) is 11.4 Å². The Morgan fingerprint density at radius 1 is 1.18 bits per heavy atom. The van der Waals surface area contributed by atoms with E-state index in [0.29, 0.717) is 5.69 Å². The van der Waals surface area contributed by atoms with Crippen molar-refractivity contribution >= 4 is 5.69 Å². The fourth-order valence-corrected chi connectivity index (χ4v) is 2.56. The van der Waals surface area contributed by atoms with E-state index < -0.39 is 0 Å². The third-order valence-electron chi connectivity index (χ3n) is 3.75. The first-order chi connectivity index (χ1) is 10.6. The second-order valence-electron chi connectivity index (χ2n) is 5.15. The minimum absolute atomic E-state index is 0.592. The lowest BCUT2D eigenvalue weighted by Gasteiger charge is -2.11. The van der Waals surface area contributed by atoms with Gasteiger partial charge >= 0.3 is 0 Å². The highest BCUT2D eigenvalue weighted by molar-refractivity contribution is 5.71. The van der Waals surface area contributed by atoms with Gasteiger partial charge in [0.2, 0.25) is 0 Å². The third-order valence-corrected chi connectivity index (χ3v) is 3.75. The van der Waals surface area contributed by atoms with Crippen molar-refractivity contribution in [1.29, 1.82) is 0 Å². The predicted octanol–water partition coefficient (Wildman–Crippen LogP) is 2.93. The van der Waals surface area contributed by atoms with E-state index in [4.69, 9.17) is 6.57 Å². The Hall–Kier alpha value is -3.00. The molecule has 108 valence electrons. The largest absolute Gasteiger partial charge is 0.334 e. The van der Waals surface area contributed by atoms with E-state index in [0.717, 1.165) is 28.5 Å². The van der Waals surface area contributed by atoms with Crippen molar-refractivity contribution in [2.24, 2.45) is 7.05 Å². The number of nitrogens with zero attached hydrogens (tertiary/aromatic N) is 5. The van der Waals surface area contributed by atoms with Crippen LogP contribution in [0, 0.1) is 20.4 Å². The summed E-state index contributed by atoms with van der Waals surface area (Å²) in [5.74, 6) is 1.73. The van der Waals surface area contributed by atoms with E-state index in [1.165, 1.54) is 0 Å². The molecule has 5 heteroatoms. The summed E-state index contributed by atoms with van der Waals surface area (Å²) in [6.07, 6.45) is 7.39. The molecule has 0 atom stereocenters. The molecular formula is C17H16N5+. The molecule has 0 aliphatic heterocycles. The van der Waals surface area contributed by atoms with Crippen molar-refractivity contribution < 1.29 is 4.57 Å².